The molecule has 0 N–H and O–H groups in total. The molecule has 0 radical (unpaired) electrons. The van der Waals surface area contributed by atoms with Crippen molar-refractivity contribution >= 4 is 5.97 Å². The third kappa shape index (κ3) is 4.91. The van der Waals surface area contributed by atoms with Crippen molar-refractivity contribution in [2.45, 2.75) is 19.6 Å². The number of halogens is 2. The average Bonchev–Trinajstić information content (AvgIpc) is 2.54. The maximum Gasteiger partial charge on any atom is 0.387 e. The number of carbonyl (C=O) groups is 1. The number of hydrogen-bond acceptors (Lipinski definition) is 5. The molecule has 23 heavy (non-hydrogen) atoms. The lowest BCUT2D eigenvalue weighted by Gasteiger charge is -2.14. The van der Waals surface area contributed by atoms with Gasteiger partial charge in [-0.15, -0.1) is 0 Å². The molecule has 0 atom stereocenters. The van der Waals surface area contributed by atoms with Gasteiger partial charge in [-0.1, -0.05) is 18.2 Å². The van der Waals surface area contributed by atoms with Crippen LogP contribution in [0.1, 0.15) is 11.1 Å². The van der Waals surface area contributed by atoms with Crippen molar-refractivity contribution in [3.63, 3.8) is 0 Å². The summed E-state index contributed by atoms with van der Waals surface area (Å²) in [5.41, 5.74) is 0.997. The molecule has 0 bridgehead atoms. The maximum absolute atomic E-state index is 12.5. The van der Waals surface area contributed by atoms with Crippen molar-refractivity contribution in [3.05, 3.63) is 53.9 Å². The molecule has 2 rings (SSSR count). The van der Waals surface area contributed by atoms with Crippen molar-refractivity contribution in [1.29, 1.82) is 0 Å². The quantitative estimate of drug-likeness (QED) is 0.733. The van der Waals surface area contributed by atoms with Gasteiger partial charge in [-0.2, -0.15) is 8.78 Å². The molecule has 0 unspecified atom stereocenters. The number of hydrogen-bond donors (Lipinski definition) is 0. The summed E-state index contributed by atoms with van der Waals surface area (Å²) in [6, 6.07) is 8.06. The zero-order valence-corrected chi connectivity index (χ0v) is 12.4. The fourth-order valence-electron chi connectivity index (χ4n) is 1.94. The first kappa shape index (κ1) is 16.7. The molecular weight excluding hydrogens is 308 g/mol. The van der Waals surface area contributed by atoms with Gasteiger partial charge >= 0.3 is 12.6 Å². The number of esters is 1. The first-order valence-corrected chi connectivity index (χ1v) is 6.75. The second-order valence-corrected chi connectivity index (χ2v) is 4.53. The summed E-state index contributed by atoms with van der Waals surface area (Å²) < 4.78 is 39.6. The second-order valence-electron chi connectivity index (χ2n) is 4.53. The lowest BCUT2D eigenvalue weighted by atomic mass is 10.2. The van der Waals surface area contributed by atoms with Gasteiger partial charge in [0, 0.05) is 18.0 Å². The Labute approximate surface area is 131 Å². The van der Waals surface area contributed by atoms with E-state index < -0.39 is 12.6 Å². The standard InChI is InChI=1S/C16H15F2NO4/c1-21-13-6-2-5-12(15(13)23-16(17)18)10-22-14(20)8-11-4-3-7-19-9-11/h2-7,9,16H,8,10H2,1H3. The number of pyridine rings is 1. The number of carbonyl (C=O) groups excluding carboxylic acids is 1. The van der Waals surface area contributed by atoms with E-state index in [9.17, 15) is 13.6 Å². The van der Waals surface area contributed by atoms with E-state index in [1.54, 1.807) is 30.6 Å². The van der Waals surface area contributed by atoms with Gasteiger partial charge in [0.05, 0.1) is 13.5 Å². The minimum Gasteiger partial charge on any atom is -0.493 e. The van der Waals surface area contributed by atoms with Crippen molar-refractivity contribution in [2.75, 3.05) is 7.11 Å². The molecule has 1 aromatic carbocycles. The van der Waals surface area contributed by atoms with Crippen LogP contribution in [0, 0.1) is 0 Å². The third-order valence-corrected chi connectivity index (χ3v) is 2.95. The van der Waals surface area contributed by atoms with E-state index in [4.69, 9.17) is 9.47 Å². The summed E-state index contributed by atoms with van der Waals surface area (Å²) in [5.74, 6) is -0.492. The van der Waals surface area contributed by atoms with Gasteiger partial charge in [0.25, 0.3) is 0 Å². The fourth-order valence-corrected chi connectivity index (χ4v) is 1.94. The predicted molar refractivity (Wildman–Crippen MR) is 77.4 cm³/mol. The van der Waals surface area contributed by atoms with Gasteiger partial charge < -0.3 is 14.2 Å². The lowest BCUT2D eigenvalue weighted by Crippen LogP contribution is -2.11. The molecule has 122 valence electrons. The number of para-hydroxylation sites is 1. The zero-order valence-electron chi connectivity index (χ0n) is 12.4. The summed E-state index contributed by atoms with van der Waals surface area (Å²) in [6.45, 7) is -3.20. The Hall–Kier alpha value is -2.70. The van der Waals surface area contributed by atoms with Crippen LogP contribution < -0.4 is 9.47 Å². The minimum absolute atomic E-state index is 0.0445. The number of rotatable bonds is 7. The summed E-state index contributed by atoms with van der Waals surface area (Å²) in [6.07, 6.45) is 3.19. The molecule has 0 aliphatic heterocycles. The van der Waals surface area contributed by atoms with Gasteiger partial charge in [0.1, 0.15) is 6.61 Å². The Morgan fingerprint density at radius 1 is 1.26 bits per heavy atom. The van der Waals surface area contributed by atoms with Crippen LogP contribution in [-0.2, 0) is 22.6 Å². The van der Waals surface area contributed by atoms with E-state index in [1.807, 2.05) is 0 Å². The van der Waals surface area contributed by atoms with Gasteiger partial charge in [-0.3, -0.25) is 9.78 Å². The number of benzene rings is 1. The van der Waals surface area contributed by atoms with Gasteiger partial charge in [-0.25, -0.2) is 0 Å². The van der Waals surface area contributed by atoms with E-state index in [1.165, 1.54) is 19.2 Å². The first-order valence-electron chi connectivity index (χ1n) is 6.75. The van der Waals surface area contributed by atoms with E-state index in [0.29, 0.717) is 11.1 Å². The molecule has 5 nitrogen and oxygen atoms in total. The molecule has 0 aliphatic carbocycles. The van der Waals surface area contributed by atoms with Crippen LogP contribution in [0.2, 0.25) is 0 Å². The Kier molecular flexibility index (Phi) is 5.85. The van der Waals surface area contributed by atoms with Crippen LogP contribution in [0.5, 0.6) is 11.5 Å². The largest absolute Gasteiger partial charge is 0.493 e. The average molecular weight is 323 g/mol. The smallest absolute Gasteiger partial charge is 0.387 e. The molecule has 0 saturated carbocycles. The monoisotopic (exact) mass is 323 g/mol. The van der Waals surface area contributed by atoms with Crippen LogP contribution in [0.4, 0.5) is 8.78 Å². The lowest BCUT2D eigenvalue weighted by molar-refractivity contribution is -0.144. The Balaban J connectivity index is 2.03. The van der Waals surface area contributed by atoms with Crippen molar-refractivity contribution in [3.8, 4) is 11.5 Å². The van der Waals surface area contributed by atoms with Crippen LogP contribution >= 0.6 is 0 Å². The molecule has 0 spiro atoms. The predicted octanol–water partition coefficient (Wildman–Crippen LogP) is 2.98. The Morgan fingerprint density at radius 2 is 2.09 bits per heavy atom. The van der Waals surface area contributed by atoms with Crippen molar-refractivity contribution < 1.29 is 27.8 Å². The van der Waals surface area contributed by atoms with Crippen LogP contribution in [0.25, 0.3) is 0 Å². The zero-order chi connectivity index (χ0) is 16.7. The second kappa shape index (κ2) is 8.07. The summed E-state index contributed by atoms with van der Waals surface area (Å²) in [4.78, 5) is 15.7. The van der Waals surface area contributed by atoms with Crippen LogP contribution in [0.15, 0.2) is 42.7 Å². The van der Waals surface area contributed by atoms with Crippen LogP contribution in [-0.4, -0.2) is 24.7 Å². The van der Waals surface area contributed by atoms with Crippen molar-refractivity contribution in [2.24, 2.45) is 0 Å². The minimum atomic E-state index is -3.00. The molecule has 0 saturated heterocycles. The topological polar surface area (TPSA) is 57.7 Å². The van der Waals surface area contributed by atoms with Gasteiger partial charge in [-0.05, 0) is 17.7 Å². The molecular formula is C16H15F2NO4. The molecule has 1 aromatic heterocycles. The Morgan fingerprint density at radius 3 is 2.74 bits per heavy atom. The number of ether oxygens (including phenoxy) is 3. The normalized spacial score (nSPS) is 10.4. The van der Waals surface area contributed by atoms with Gasteiger partial charge in [0.15, 0.2) is 11.5 Å². The van der Waals surface area contributed by atoms with E-state index in [2.05, 4.69) is 9.72 Å². The van der Waals surface area contributed by atoms with E-state index >= 15 is 0 Å². The van der Waals surface area contributed by atoms with Gasteiger partial charge in [0.2, 0.25) is 0 Å². The number of methoxy groups -OCH3 is 1. The molecule has 0 aliphatic rings. The highest BCUT2D eigenvalue weighted by Crippen LogP contribution is 2.32. The van der Waals surface area contributed by atoms with E-state index in [0.717, 1.165) is 0 Å². The number of alkyl halides is 2. The van der Waals surface area contributed by atoms with Crippen molar-refractivity contribution in [1.82, 2.24) is 4.98 Å². The molecule has 0 fully saturated rings. The third-order valence-electron chi connectivity index (χ3n) is 2.95. The fraction of sp³-hybridized carbons (Fsp3) is 0.250. The van der Waals surface area contributed by atoms with Crippen LogP contribution in [0.3, 0.4) is 0 Å². The highest BCUT2D eigenvalue weighted by Gasteiger charge is 2.16. The molecule has 1 heterocycles. The number of aromatic nitrogens is 1. The summed E-state index contributed by atoms with van der Waals surface area (Å²) >= 11 is 0. The SMILES string of the molecule is COc1cccc(COC(=O)Cc2cccnc2)c1OC(F)F. The highest BCUT2D eigenvalue weighted by atomic mass is 19.3. The first-order chi connectivity index (χ1) is 11.1. The number of nitrogens with zero attached hydrogens (tertiary/aromatic N) is 1. The van der Waals surface area contributed by atoms with E-state index in [-0.39, 0.29) is 24.5 Å². The summed E-state index contributed by atoms with van der Waals surface area (Å²) in [5, 5.41) is 0. The molecule has 7 heteroatoms. The molecule has 2 aromatic rings. The highest BCUT2D eigenvalue weighted by molar-refractivity contribution is 5.72. The Bertz CT molecular complexity index is 650. The molecule has 0 amide bonds. The summed E-state index contributed by atoms with van der Waals surface area (Å²) in [7, 11) is 1.34. The maximum atomic E-state index is 12.5.